The van der Waals surface area contributed by atoms with Gasteiger partial charge in [0.05, 0.1) is 11.8 Å². The van der Waals surface area contributed by atoms with Crippen molar-refractivity contribution in [3.8, 4) is 11.4 Å². The van der Waals surface area contributed by atoms with Gasteiger partial charge in [0.25, 0.3) is 0 Å². The number of aromatic nitrogens is 2. The minimum atomic E-state index is 0.0172. The number of piperidine rings is 1. The Bertz CT molecular complexity index is 608. The molecule has 3 heterocycles. The minimum Gasteiger partial charge on any atom is -0.472 e. The van der Waals surface area contributed by atoms with Crippen molar-refractivity contribution in [1.82, 2.24) is 20.8 Å². The topological polar surface area (TPSA) is 93.2 Å². The van der Waals surface area contributed by atoms with E-state index < -0.39 is 0 Å². The summed E-state index contributed by atoms with van der Waals surface area (Å²) in [6, 6.07) is 1.96. The minimum absolute atomic E-state index is 0.0172. The summed E-state index contributed by atoms with van der Waals surface area (Å²) >= 11 is 0. The highest BCUT2D eigenvalue weighted by molar-refractivity contribution is 5.76. The summed E-state index contributed by atoms with van der Waals surface area (Å²) in [5.41, 5.74) is 0.765. The molecule has 2 unspecified atom stereocenters. The molecule has 0 aliphatic carbocycles. The van der Waals surface area contributed by atoms with Crippen molar-refractivity contribution >= 4 is 5.91 Å². The van der Waals surface area contributed by atoms with Crippen LogP contribution in [0.25, 0.3) is 11.4 Å². The van der Waals surface area contributed by atoms with Crippen LogP contribution < -0.4 is 10.6 Å². The number of amides is 1. The summed E-state index contributed by atoms with van der Waals surface area (Å²) in [4.78, 5) is 16.3. The highest BCUT2D eigenvalue weighted by atomic mass is 16.5. The van der Waals surface area contributed by atoms with Crippen LogP contribution in [0.1, 0.15) is 25.7 Å². The van der Waals surface area contributed by atoms with E-state index in [2.05, 4.69) is 27.7 Å². The summed E-state index contributed by atoms with van der Waals surface area (Å²) in [6.45, 7) is 4.02. The van der Waals surface area contributed by atoms with E-state index in [4.69, 9.17) is 8.94 Å². The van der Waals surface area contributed by atoms with E-state index >= 15 is 0 Å². The van der Waals surface area contributed by atoms with Crippen molar-refractivity contribution in [2.24, 2.45) is 5.92 Å². The quantitative estimate of drug-likeness (QED) is 0.866. The molecule has 7 nitrogen and oxygen atoms in total. The molecule has 0 spiro atoms. The van der Waals surface area contributed by atoms with E-state index in [1.54, 1.807) is 18.6 Å². The highest BCUT2D eigenvalue weighted by Gasteiger charge is 2.22. The average molecular weight is 304 g/mol. The van der Waals surface area contributed by atoms with E-state index in [9.17, 15) is 4.79 Å². The molecule has 1 fully saturated rings. The predicted octanol–water partition coefficient (Wildman–Crippen LogP) is 1.38. The van der Waals surface area contributed by atoms with Crippen molar-refractivity contribution < 1.29 is 13.7 Å². The second kappa shape index (κ2) is 6.74. The molecule has 2 aromatic rings. The molecule has 3 rings (SSSR count). The fourth-order valence-corrected chi connectivity index (χ4v) is 2.55. The molecule has 2 atom stereocenters. The number of carbonyl (C=O) groups is 1. The molecule has 1 amide bonds. The fourth-order valence-electron chi connectivity index (χ4n) is 2.55. The lowest BCUT2D eigenvalue weighted by atomic mass is 9.95. The van der Waals surface area contributed by atoms with E-state index in [1.165, 1.54) is 0 Å². The van der Waals surface area contributed by atoms with Crippen LogP contribution in [0, 0.1) is 5.92 Å². The Morgan fingerprint density at radius 2 is 2.45 bits per heavy atom. The molecule has 0 aromatic carbocycles. The Hall–Kier alpha value is -2.15. The van der Waals surface area contributed by atoms with Gasteiger partial charge >= 0.3 is 0 Å². The number of aryl methyl sites for hydroxylation is 1. The molecular weight excluding hydrogens is 284 g/mol. The van der Waals surface area contributed by atoms with Gasteiger partial charge in [-0.2, -0.15) is 4.98 Å². The summed E-state index contributed by atoms with van der Waals surface area (Å²) < 4.78 is 10.1. The zero-order valence-corrected chi connectivity index (χ0v) is 12.5. The lowest BCUT2D eigenvalue weighted by Crippen LogP contribution is -2.50. The second-order valence-corrected chi connectivity index (χ2v) is 5.67. The second-order valence-electron chi connectivity index (χ2n) is 5.67. The van der Waals surface area contributed by atoms with Crippen molar-refractivity contribution in [3.63, 3.8) is 0 Å². The summed E-state index contributed by atoms with van der Waals surface area (Å²) in [5.74, 6) is 1.46. The zero-order chi connectivity index (χ0) is 15.4. The molecule has 1 aliphatic rings. The molecule has 0 radical (unpaired) electrons. The van der Waals surface area contributed by atoms with Crippen LogP contribution in [-0.4, -0.2) is 35.2 Å². The third kappa shape index (κ3) is 3.54. The molecule has 2 N–H and O–H groups in total. The first kappa shape index (κ1) is 14.8. The van der Waals surface area contributed by atoms with Gasteiger partial charge in [0.1, 0.15) is 6.26 Å². The van der Waals surface area contributed by atoms with Gasteiger partial charge in [-0.25, -0.2) is 0 Å². The fraction of sp³-hybridized carbons (Fsp3) is 0.533. The molecular formula is C15H20N4O3. The van der Waals surface area contributed by atoms with Gasteiger partial charge < -0.3 is 19.6 Å². The van der Waals surface area contributed by atoms with Gasteiger partial charge in [-0.05, 0) is 24.9 Å². The summed E-state index contributed by atoms with van der Waals surface area (Å²) in [5, 5.41) is 10.2. The summed E-state index contributed by atoms with van der Waals surface area (Å²) in [6.07, 6.45) is 4.97. The van der Waals surface area contributed by atoms with Gasteiger partial charge in [0.2, 0.25) is 17.6 Å². The zero-order valence-electron chi connectivity index (χ0n) is 12.5. The third-order valence-corrected chi connectivity index (χ3v) is 3.99. The first-order chi connectivity index (χ1) is 10.7. The number of rotatable bonds is 5. The van der Waals surface area contributed by atoms with Crippen LogP contribution >= 0.6 is 0 Å². The Balaban J connectivity index is 1.49. The van der Waals surface area contributed by atoms with Crippen molar-refractivity contribution in [1.29, 1.82) is 0 Å². The van der Waals surface area contributed by atoms with Crippen molar-refractivity contribution in [3.05, 3.63) is 24.5 Å². The maximum atomic E-state index is 12.0. The lowest BCUT2D eigenvalue weighted by molar-refractivity contribution is -0.122. The standard InChI is InChI=1S/C15H20N4O3/c1-10-4-6-16-8-12(10)17-13(20)2-3-14-18-15(19-22-14)11-5-7-21-9-11/h5,7,9-10,12,16H,2-4,6,8H2,1H3,(H,17,20). The Kier molecular flexibility index (Phi) is 4.53. The Labute approximate surface area is 128 Å². The van der Waals surface area contributed by atoms with Gasteiger partial charge in [0, 0.05) is 25.4 Å². The number of nitrogens with one attached hydrogen (secondary N) is 2. The van der Waals surface area contributed by atoms with E-state index in [0.29, 0.717) is 30.5 Å². The first-order valence-electron chi connectivity index (χ1n) is 7.57. The van der Waals surface area contributed by atoms with E-state index in [1.807, 2.05) is 0 Å². The number of nitrogens with zero attached hydrogens (tertiary/aromatic N) is 2. The third-order valence-electron chi connectivity index (χ3n) is 3.99. The molecule has 0 saturated carbocycles. The first-order valence-corrected chi connectivity index (χ1v) is 7.57. The molecule has 0 bridgehead atoms. The van der Waals surface area contributed by atoms with Gasteiger partial charge in [-0.3, -0.25) is 4.79 Å². The molecule has 118 valence electrons. The lowest BCUT2D eigenvalue weighted by Gasteiger charge is -2.30. The van der Waals surface area contributed by atoms with Gasteiger partial charge in [0.15, 0.2) is 0 Å². The van der Waals surface area contributed by atoms with Crippen LogP contribution in [0.5, 0.6) is 0 Å². The monoisotopic (exact) mass is 304 g/mol. The Morgan fingerprint density at radius 1 is 1.55 bits per heavy atom. The van der Waals surface area contributed by atoms with Gasteiger partial charge in [-0.1, -0.05) is 12.1 Å². The maximum absolute atomic E-state index is 12.0. The molecule has 1 aliphatic heterocycles. The summed E-state index contributed by atoms with van der Waals surface area (Å²) in [7, 11) is 0. The number of carbonyl (C=O) groups excluding carboxylic acids is 1. The number of hydrogen-bond acceptors (Lipinski definition) is 6. The molecule has 7 heteroatoms. The highest BCUT2D eigenvalue weighted by Crippen LogP contribution is 2.16. The molecule has 22 heavy (non-hydrogen) atoms. The molecule has 1 saturated heterocycles. The normalized spacial score (nSPS) is 21.7. The van der Waals surface area contributed by atoms with E-state index in [-0.39, 0.29) is 11.9 Å². The predicted molar refractivity (Wildman–Crippen MR) is 78.9 cm³/mol. The van der Waals surface area contributed by atoms with Crippen molar-refractivity contribution in [2.45, 2.75) is 32.2 Å². The Morgan fingerprint density at radius 3 is 3.23 bits per heavy atom. The van der Waals surface area contributed by atoms with E-state index in [0.717, 1.165) is 25.1 Å². The van der Waals surface area contributed by atoms with Crippen LogP contribution in [0.2, 0.25) is 0 Å². The molecule has 2 aromatic heterocycles. The number of hydrogen-bond donors (Lipinski definition) is 2. The SMILES string of the molecule is CC1CCNCC1NC(=O)CCc1nc(-c2ccoc2)no1. The smallest absolute Gasteiger partial charge is 0.227 e. The average Bonchev–Trinajstić information content (AvgIpc) is 3.18. The van der Waals surface area contributed by atoms with Crippen LogP contribution in [0.4, 0.5) is 0 Å². The van der Waals surface area contributed by atoms with Gasteiger partial charge in [-0.15, -0.1) is 0 Å². The number of furan rings is 1. The van der Waals surface area contributed by atoms with Crippen LogP contribution in [0.15, 0.2) is 27.5 Å². The van der Waals surface area contributed by atoms with Crippen molar-refractivity contribution in [2.75, 3.05) is 13.1 Å². The maximum Gasteiger partial charge on any atom is 0.227 e. The largest absolute Gasteiger partial charge is 0.472 e. The van der Waals surface area contributed by atoms with Crippen LogP contribution in [0.3, 0.4) is 0 Å². The van der Waals surface area contributed by atoms with Crippen LogP contribution in [-0.2, 0) is 11.2 Å².